The number of carbonyl (C=O) groups is 1. The zero-order chi connectivity index (χ0) is 14.8. The molecule has 21 heavy (non-hydrogen) atoms. The minimum Gasteiger partial charge on any atom is -0.311 e. The van der Waals surface area contributed by atoms with E-state index in [1.54, 1.807) is 25.2 Å². The van der Waals surface area contributed by atoms with Crippen molar-refractivity contribution in [2.45, 2.75) is 19.0 Å². The number of nitrogens with zero attached hydrogens (tertiary/aromatic N) is 1. The SMILES string of the molecule is CN(C(=O)[C@H]1Cc2ccccc2CN1)c1ccccc1F. The fourth-order valence-corrected chi connectivity index (χ4v) is 2.71. The normalized spacial score (nSPS) is 17.1. The van der Waals surface area contributed by atoms with Crippen molar-refractivity contribution in [2.24, 2.45) is 0 Å². The average molecular weight is 284 g/mol. The predicted molar refractivity (Wildman–Crippen MR) is 80.6 cm³/mol. The largest absolute Gasteiger partial charge is 0.311 e. The summed E-state index contributed by atoms with van der Waals surface area (Å²) in [6.45, 7) is 0.664. The molecule has 0 spiro atoms. The molecule has 3 nitrogen and oxygen atoms in total. The Hall–Kier alpha value is -2.20. The Morgan fingerprint density at radius 1 is 1.14 bits per heavy atom. The van der Waals surface area contributed by atoms with Gasteiger partial charge in [0.15, 0.2) is 0 Å². The van der Waals surface area contributed by atoms with E-state index < -0.39 is 0 Å². The van der Waals surface area contributed by atoms with Crippen molar-refractivity contribution >= 4 is 11.6 Å². The number of nitrogens with one attached hydrogen (secondary N) is 1. The van der Waals surface area contributed by atoms with Crippen molar-refractivity contribution in [3.05, 3.63) is 65.5 Å². The summed E-state index contributed by atoms with van der Waals surface area (Å²) in [5.74, 6) is -0.501. The van der Waals surface area contributed by atoms with Gasteiger partial charge >= 0.3 is 0 Å². The van der Waals surface area contributed by atoms with Gasteiger partial charge in [-0.15, -0.1) is 0 Å². The molecule has 1 aliphatic rings. The third-order valence-electron chi connectivity index (χ3n) is 3.92. The Morgan fingerprint density at radius 2 is 1.81 bits per heavy atom. The maximum atomic E-state index is 13.8. The number of anilines is 1. The molecule has 0 unspecified atom stereocenters. The molecule has 1 aliphatic heterocycles. The maximum absolute atomic E-state index is 13.8. The summed E-state index contributed by atoms with van der Waals surface area (Å²) < 4.78 is 13.8. The van der Waals surface area contributed by atoms with E-state index >= 15 is 0 Å². The molecule has 0 aromatic heterocycles. The molecule has 0 radical (unpaired) electrons. The van der Waals surface area contributed by atoms with Crippen LogP contribution in [0.3, 0.4) is 0 Å². The van der Waals surface area contributed by atoms with E-state index in [0.717, 1.165) is 0 Å². The van der Waals surface area contributed by atoms with Gasteiger partial charge in [-0.05, 0) is 29.7 Å². The molecule has 1 amide bonds. The minimum absolute atomic E-state index is 0.116. The van der Waals surface area contributed by atoms with E-state index in [-0.39, 0.29) is 17.8 Å². The van der Waals surface area contributed by atoms with Crippen LogP contribution >= 0.6 is 0 Å². The van der Waals surface area contributed by atoms with Gasteiger partial charge in [0.05, 0.1) is 11.7 Å². The molecule has 0 bridgehead atoms. The summed E-state index contributed by atoms with van der Waals surface area (Å²) in [4.78, 5) is 13.9. The van der Waals surface area contributed by atoms with E-state index in [1.165, 1.54) is 22.1 Å². The first-order valence-electron chi connectivity index (χ1n) is 6.99. The molecule has 4 heteroatoms. The van der Waals surface area contributed by atoms with Crippen LogP contribution in [0.4, 0.5) is 10.1 Å². The van der Waals surface area contributed by atoms with E-state index in [1.807, 2.05) is 18.2 Å². The standard InChI is InChI=1S/C17H17FN2O/c1-20(16-9-5-4-8-14(16)18)17(21)15-10-12-6-2-3-7-13(12)11-19-15/h2-9,15,19H,10-11H2,1H3/t15-/m1/s1. The summed E-state index contributed by atoms with van der Waals surface area (Å²) in [6, 6.07) is 14.1. The van der Waals surface area contributed by atoms with Crippen LogP contribution in [0.5, 0.6) is 0 Å². The average Bonchev–Trinajstić information content (AvgIpc) is 2.53. The topological polar surface area (TPSA) is 32.3 Å². The number of likely N-dealkylation sites (N-methyl/N-ethyl adjacent to an activating group) is 1. The van der Waals surface area contributed by atoms with Gasteiger partial charge in [-0.25, -0.2) is 4.39 Å². The number of halogens is 1. The van der Waals surface area contributed by atoms with Crippen molar-refractivity contribution in [1.82, 2.24) is 5.32 Å². The Labute approximate surface area is 123 Å². The van der Waals surface area contributed by atoms with Crippen LogP contribution in [-0.4, -0.2) is 19.0 Å². The van der Waals surface area contributed by atoms with Gasteiger partial charge in [0, 0.05) is 13.6 Å². The van der Waals surface area contributed by atoms with Gasteiger partial charge in [-0.2, -0.15) is 0 Å². The molecule has 0 saturated heterocycles. The van der Waals surface area contributed by atoms with E-state index in [0.29, 0.717) is 18.7 Å². The molecule has 108 valence electrons. The zero-order valence-corrected chi connectivity index (χ0v) is 11.8. The molecule has 3 rings (SSSR count). The first-order valence-corrected chi connectivity index (χ1v) is 6.99. The number of para-hydroxylation sites is 1. The summed E-state index contributed by atoms with van der Waals surface area (Å²) in [7, 11) is 1.61. The van der Waals surface area contributed by atoms with Gasteiger partial charge in [-0.1, -0.05) is 36.4 Å². The van der Waals surface area contributed by atoms with Crippen molar-refractivity contribution in [3.63, 3.8) is 0 Å². The van der Waals surface area contributed by atoms with Crippen molar-refractivity contribution < 1.29 is 9.18 Å². The van der Waals surface area contributed by atoms with Crippen molar-refractivity contribution in [2.75, 3.05) is 11.9 Å². The van der Waals surface area contributed by atoms with Gasteiger partial charge in [0.1, 0.15) is 5.82 Å². The van der Waals surface area contributed by atoms with Crippen LogP contribution in [-0.2, 0) is 17.8 Å². The Morgan fingerprint density at radius 3 is 2.57 bits per heavy atom. The number of hydrogen-bond acceptors (Lipinski definition) is 2. The predicted octanol–water partition coefficient (Wildman–Crippen LogP) is 2.50. The van der Waals surface area contributed by atoms with E-state index in [2.05, 4.69) is 11.4 Å². The molecule has 0 aliphatic carbocycles. The lowest BCUT2D eigenvalue weighted by Crippen LogP contribution is -2.48. The fraction of sp³-hybridized carbons (Fsp3) is 0.235. The van der Waals surface area contributed by atoms with Gasteiger partial charge in [0.2, 0.25) is 5.91 Å². The fourth-order valence-electron chi connectivity index (χ4n) is 2.71. The second-order valence-corrected chi connectivity index (χ2v) is 5.25. The molecule has 1 atom stereocenters. The monoisotopic (exact) mass is 284 g/mol. The molecule has 2 aromatic rings. The molecule has 2 aromatic carbocycles. The summed E-state index contributed by atoms with van der Waals surface area (Å²) in [5.41, 5.74) is 2.70. The summed E-state index contributed by atoms with van der Waals surface area (Å²) in [6.07, 6.45) is 0.633. The highest BCUT2D eigenvalue weighted by Gasteiger charge is 2.27. The smallest absolute Gasteiger partial charge is 0.244 e. The van der Waals surface area contributed by atoms with Gasteiger partial charge in [0.25, 0.3) is 0 Å². The second kappa shape index (κ2) is 5.66. The van der Waals surface area contributed by atoms with E-state index in [4.69, 9.17) is 0 Å². The van der Waals surface area contributed by atoms with Gasteiger partial charge < -0.3 is 10.2 Å². The van der Waals surface area contributed by atoms with Crippen LogP contribution in [0.2, 0.25) is 0 Å². The Kier molecular flexibility index (Phi) is 3.71. The summed E-state index contributed by atoms with van der Waals surface area (Å²) >= 11 is 0. The first-order chi connectivity index (χ1) is 10.2. The number of carbonyl (C=O) groups excluding carboxylic acids is 1. The number of hydrogen-bond donors (Lipinski definition) is 1. The Bertz CT molecular complexity index is 671. The lowest BCUT2D eigenvalue weighted by molar-refractivity contribution is -0.120. The van der Waals surface area contributed by atoms with Gasteiger partial charge in [-0.3, -0.25) is 4.79 Å². The minimum atomic E-state index is -0.385. The first kappa shape index (κ1) is 13.8. The number of benzene rings is 2. The van der Waals surface area contributed by atoms with Crippen LogP contribution in [0.15, 0.2) is 48.5 Å². The lowest BCUT2D eigenvalue weighted by Gasteiger charge is -2.29. The Balaban J connectivity index is 1.79. The highest BCUT2D eigenvalue weighted by atomic mass is 19.1. The van der Waals surface area contributed by atoms with Crippen molar-refractivity contribution in [3.8, 4) is 0 Å². The maximum Gasteiger partial charge on any atom is 0.244 e. The highest BCUT2D eigenvalue weighted by molar-refractivity contribution is 5.97. The highest BCUT2D eigenvalue weighted by Crippen LogP contribution is 2.21. The number of fused-ring (bicyclic) bond motifs is 1. The number of amides is 1. The molecule has 0 saturated carbocycles. The molecule has 1 heterocycles. The summed E-state index contributed by atoms with van der Waals surface area (Å²) in [5, 5.41) is 3.23. The third kappa shape index (κ3) is 2.67. The second-order valence-electron chi connectivity index (χ2n) is 5.25. The molecular formula is C17H17FN2O. The van der Waals surface area contributed by atoms with Crippen LogP contribution in [0.25, 0.3) is 0 Å². The number of rotatable bonds is 2. The molecule has 1 N–H and O–H groups in total. The quantitative estimate of drug-likeness (QED) is 0.919. The third-order valence-corrected chi connectivity index (χ3v) is 3.92. The van der Waals surface area contributed by atoms with Crippen molar-refractivity contribution in [1.29, 1.82) is 0 Å². The zero-order valence-electron chi connectivity index (χ0n) is 11.8. The van der Waals surface area contributed by atoms with Crippen LogP contribution in [0.1, 0.15) is 11.1 Å². The van der Waals surface area contributed by atoms with Crippen LogP contribution in [0, 0.1) is 5.82 Å². The molecular weight excluding hydrogens is 267 g/mol. The van der Waals surface area contributed by atoms with E-state index in [9.17, 15) is 9.18 Å². The van der Waals surface area contributed by atoms with Crippen LogP contribution < -0.4 is 10.2 Å². The molecule has 0 fully saturated rings. The lowest BCUT2D eigenvalue weighted by atomic mass is 9.95.